The topological polar surface area (TPSA) is 84.9 Å². The number of ether oxygens (including phenoxy) is 2. The van der Waals surface area contributed by atoms with Crippen LogP contribution >= 0.6 is 0 Å². The lowest BCUT2D eigenvalue weighted by atomic mass is 10.2. The zero-order valence-corrected chi connectivity index (χ0v) is 13.9. The summed E-state index contributed by atoms with van der Waals surface area (Å²) >= 11 is 0. The molecule has 136 valence electrons. The van der Waals surface area contributed by atoms with E-state index in [0.717, 1.165) is 0 Å². The van der Waals surface area contributed by atoms with Crippen molar-refractivity contribution in [2.24, 2.45) is 0 Å². The van der Waals surface area contributed by atoms with Crippen LogP contribution in [-0.4, -0.2) is 35.2 Å². The lowest BCUT2D eigenvalue weighted by molar-refractivity contribution is -0.145. The van der Waals surface area contributed by atoms with Crippen molar-refractivity contribution in [2.75, 3.05) is 6.54 Å². The van der Waals surface area contributed by atoms with Gasteiger partial charge in [0.1, 0.15) is 17.3 Å². The van der Waals surface area contributed by atoms with Crippen molar-refractivity contribution in [2.45, 2.75) is 24.5 Å². The number of carboxylic acid groups (broad SMARTS) is 1. The molecule has 1 atom stereocenters. The summed E-state index contributed by atoms with van der Waals surface area (Å²) in [6.07, 6.45) is -0.175. The van der Waals surface area contributed by atoms with Crippen LogP contribution in [0.2, 0.25) is 0 Å². The van der Waals surface area contributed by atoms with Crippen LogP contribution in [0.3, 0.4) is 0 Å². The number of carboxylic acids is 1. The molecular weight excluding hydrogens is 341 g/mol. The summed E-state index contributed by atoms with van der Waals surface area (Å²) in [5.41, 5.74) is -0.958. The number of carbonyl (C=O) groups excluding carboxylic acids is 1. The first-order chi connectivity index (χ1) is 12.5. The van der Waals surface area contributed by atoms with E-state index >= 15 is 0 Å². The number of amides is 1. The highest BCUT2D eigenvalue weighted by molar-refractivity contribution is 5.89. The Morgan fingerprint density at radius 2 is 1.73 bits per heavy atom. The normalized spacial score (nSPS) is 15.6. The van der Waals surface area contributed by atoms with E-state index in [2.05, 4.69) is 5.32 Å². The van der Waals surface area contributed by atoms with Gasteiger partial charge >= 0.3 is 5.97 Å². The quantitative estimate of drug-likeness (QED) is 0.756. The molecule has 0 aliphatic heterocycles. The van der Waals surface area contributed by atoms with E-state index in [9.17, 15) is 19.1 Å². The molecule has 26 heavy (non-hydrogen) atoms. The maximum atomic E-state index is 12.9. The van der Waals surface area contributed by atoms with E-state index in [0.29, 0.717) is 18.6 Å². The molecule has 2 aromatic rings. The molecule has 2 N–H and O–H groups in total. The number of hydrogen-bond donors (Lipinski definition) is 2. The molecule has 1 amide bonds. The summed E-state index contributed by atoms with van der Waals surface area (Å²) in [5, 5.41) is 11.8. The maximum Gasteiger partial charge on any atom is 0.346 e. The Morgan fingerprint density at radius 3 is 2.31 bits per heavy atom. The van der Waals surface area contributed by atoms with Crippen LogP contribution in [0, 0.1) is 5.82 Å². The molecule has 1 unspecified atom stereocenters. The molecule has 1 fully saturated rings. The number of nitrogens with one attached hydrogen (secondary N) is 1. The van der Waals surface area contributed by atoms with E-state index in [-0.39, 0.29) is 18.2 Å². The number of rotatable bonds is 8. The van der Waals surface area contributed by atoms with E-state index in [1.165, 1.54) is 24.3 Å². The van der Waals surface area contributed by atoms with Crippen molar-refractivity contribution in [3.05, 3.63) is 60.4 Å². The predicted octanol–water partition coefficient (Wildman–Crippen LogP) is 2.39. The molecule has 6 nitrogen and oxygen atoms in total. The third-order valence-electron chi connectivity index (χ3n) is 3.99. The van der Waals surface area contributed by atoms with Gasteiger partial charge in [-0.3, -0.25) is 4.79 Å². The Labute approximate surface area is 149 Å². The number of hydrogen-bond acceptors (Lipinski definition) is 4. The lowest BCUT2D eigenvalue weighted by Gasteiger charge is -2.20. The molecule has 0 saturated heterocycles. The van der Waals surface area contributed by atoms with Crippen LogP contribution in [0.5, 0.6) is 11.5 Å². The van der Waals surface area contributed by atoms with Gasteiger partial charge in [0.15, 0.2) is 5.60 Å². The number of aliphatic carboxylic acids is 1. The number of halogens is 1. The van der Waals surface area contributed by atoms with E-state index in [1.54, 1.807) is 24.3 Å². The Balaban J connectivity index is 1.57. The first-order valence-corrected chi connectivity index (χ1v) is 8.16. The molecule has 0 bridgehead atoms. The molecule has 1 aliphatic carbocycles. The molecule has 2 aromatic carbocycles. The third kappa shape index (κ3) is 4.30. The van der Waals surface area contributed by atoms with Gasteiger partial charge in [0.2, 0.25) is 6.10 Å². The molecule has 0 aromatic heterocycles. The van der Waals surface area contributed by atoms with Gasteiger partial charge < -0.3 is 19.9 Å². The standard InChI is InChI=1S/C19H18FNO5/c20-13-6-8-14(9-7-13)25-16(17(22)23)12-21-18(24)19(10-11-19)26-15-4-2-1-3-5-15/h1-9,16H,10-12H2,(H,21,24)(H,22,23). The van der Waals surface area contributed by atoms with Crippen molar-refractivity contribution in [3.8, 4) is 11.5 Å². The summed E-state index contributed by atoms with van der Waals surface area (Å²) in [6.45, 7) is -0.231. The minimum Gasteiger partial charge on any atom is -0.478 e. The van der Waals surface area contributed by atoms with Crippen LogP contribution in [0.25, 0.3) is 0 Å². The number of benzene rings is 2. The Hall–Kier alpha value is -3.09. The molecule has 0 spiro atoms. The molecule has 7 heteroatoms. The van der Waals surface area contributed by atoms with Crippen LogP contribution < -0.4 is 14.8 Å². The maximum absolute atomic E-state index is 12.9. The fourth-order valence-corrected chi connectivity index (χ4v) is 2.41. The van der Waals surface area contributed by atoms with Crippen molar-refractivity contribution >= 4 is 11.9 Å². The van der Waals surface area contributed by atoms with Gasteiger partial charge in [-0.15, -0.1) is 0 Å². The van der Waals surface area contributed by atoms with Crippen LogP contribution in [0.4, 0.5) is 4.39 Å². The van der Waals surface area contributed by atoms with Gasteiger partial charge in [-0.25, -0.2) is 9.18 Å². The molecule has 3 rings (SSSR count). The van der Waals surface area contributed by atoms with Crippen LogP contribution in [0.15, 0.2) is 54.6 Å². The average Bonchev–Trinajstić information content (AvgIpc) is 3.41. The third-order valence-corrected chi connectivity index (χ3v) is 3.99. The van der Waals surface area contributed by atoms with Crippen molar-refractivity contribution in [1.82, 2.24) is 5.32 Å². The SMILES string of the molecule is O=C(O)C(CNC(=O)C1(Oc2ccccc2)CC1)Oc1ccc(F)cc1. The first kappa shape index (κ1) is 17.7. The summed E-state index contributed by atoms with van der Waals surface area (Å²) < 4.78 is 24.0. The van der Waals surface area contributed by atoms with E-state index < -0.39 is 23.5 Å². The van der Waals surface area contributed by atoms with Gasteiger partial charge in [-0.2, -0.15) is 0 Å². The summed E-state index contributed by atoms with van der Waals surface area (Å²) in [5.74, 6) is -1.28. The molecule has 0 heterocycles. The van der Waals surface area contributed by atoms with Crippen molar-refractivity contribution in [1.29, 1.82) is 0 Å². The highest BCUT2D eigenvalue weighted by Crippen LogP contribution is 2.40. The minimum atomic E-state index is -1.29. The van der Waals surface area contributed by atoms with E-state index in [4.69, 9.17) is 9.47 Å². The second-order valence-electron chi connectivity index (χ2n) is 6.02. The monoisotopic (exact) mass is 359 g/mol. The highest BCUT2D eigenvalue weighted by atomic mass is 19.1. The molecular formula is C19H18FNO5. The fraction of sp³-hybridized carbons (Fsp3) is 0.263. The van der Waals surface area contributed by atoms with Gasteiger partial charge in [-0.1, -0.05) is 18.2 Å². The van der Waals surface area contributed by atoms with Crippen LogP contribution in [0.1, 0.15) is 12.8 Å². The Bertz CT molecular complexity index is 774. The van der Waals surface area contributed by atoms with Gasteiger partial charge in [0.05, 0.1) is 6.54 Å². The van der Waals surface area contributed by atoms with Crippen LogP contribution in [-0.2, 0) is 9.59 Å². The minimum absolute atomic E-state index is 0.203. The first-order valence-electron chi connectivity index (χ1n) is 8.16. The zero-order valence-electron chi connectivity index (χ0n) is 13.9. The summed E-state index contributed by atoms with van der Waals surface area (Å²) in [6, 6.07) is 14.0. The zero-order chi connectivity index (χ0) is 18.6. The second kappa shape index (κ2) is 7.43. The highest BCUT2D eigenvalue weighted by Gasteiger charge is 2.53. The van der Waals surface area contributed by atoms with E-state index in [1.807, 2.05) is 6.07 Å². The number of para-hydroxylation sites is 1. The summed E-state index contributed by atoms with van der Waals surface area (Å²) in [7, 11) is 0. The largest absolute Gasteiger partial charge is 0.478 e. The second-order valence-corrected chi connectivity index (χ2v) is 6.02. The average molecular weight is 359 g/mol. The summed E-state index contributed by atoms with van der Waals surface area (Å²) in [4.78, 5) is 23.8. The molecule has 1 aliphatic rings. The van der Waals surface area contributed by atoms with Crippen molar-refractivity contribution < 1.29 is 28.6 Å². The number of carbonyl (C=O) groups is 2. The Kier molecular flexibility index (Phi) is 5.06. The van der Waals surface area contributed by atoms with Crippen molar-refractivity contribution in [3.63, 3.8) is 0 Å². The fourth-order valence-electron chi connectivity index (χ4n) is 2.41. The molecule has 1 saturated carbocycles. The molecule has 0 radical (unpaired) electrons. The van der Waals surface area contributed by atoms with Gasteiger partial charge in [0.25, 0.3) is 5.91 Å². The van der Waals surface area contributed by atoms with Gasteiger partial charge in [0, 0.05) is 12.8 Å². The predicted molar refractivity (Wildman–Crippen MR) is 90.5 cm³/mol. The lowest BCUT2D eigenvalue weighted by Crippen LogP contribution is -2.46. The smallest absolute Gasteiger partial charge is 0.346 e. The Morgan fingerprint density at radius 1 is 1.08 bits per heavy atom. The van der Waals surface area contributed by atoms with Gasteiger partial charge in [-0.05, 0) is 36.4 Å².